The van der Waals surface area contributed by atoms with Gasteiger partial charge in [0.05, 0.1) is 28.3 Å². The van der Waals surface area contributed by atoms with Crippen LogP contribution in [-0.4, -0.2) is 45.0 Å². The van der Waals surface area contributed by atoms with E-state index in [0.717, 1.165) is 22.2 Å². The predicted molar refractivity (Wildman–Crippen MR) is 117 cm³/mol. The third-order valence-corrected chi connectivity index (χ3v) is 6.49. The molecule has 30 heavy (non-hydrogen) atoms. The summed E-state index contributed by atoms with van der Waals surface area (Å²) in [6.45, 7) is 6.03. The molecule has 0 aliphatic heterocycles. The van der Waals surface area contributed by atoms with E-state index in [1.54, 1.807) is 12.1 Å². The molecule has 2 aromatic carbocycles. The van der Waals surface area contributed by atoms with Crippen LogP contribution in [0.3, 0.4) is 0 Å². The molecule has 0 spiro atoms. The molecule has 0 aliphatic carbocycles. The van der Waals surface area contributed by atoms with Crippen LogP contribution >= 0.6 is 11.3 Å². The van der Waals surface area contributed by atoms with E-state index in [0.29, 0.717) is 31.2 Å². The summed E-state index contributed by atoms with van der Waals surface area (Å²) in [5.41, 5.74) is 1.15. The third kappa shape index (κ3) is 5.16. The lowest BCUT2D eigenvalue weighted by atomic mass is 10.2. The monoisotopic (exact) mass is 448 g/mol. The molecule has 0 radical (unpaired) electrons. The fourth-order valence-electron chi connectivity index (χ4n) is 2.92. The SMILES string of the molecule is CCOCCn1c(=NC(=O)c2cccc(S(C)(=O)=O)c2)sc2cc(OCC)ccc21. The third-order valence-electron chi connectivity index (χ3n) is 4.33. The number of ether oxygens (including phenoxy) is 2. The molecular formula is C21H24N2O5S2. The van der Waals surface area contributed by atoms with Gasteiger partial charge in [-0.05, 0) is 50.2 Å². The van der Waals surface area contributed by atoms with Crippen molar-refractivity contribution in [3.8, 4) is 5.75 Å². The first-order valence-corrected chi connectivity index (χ1v) is 12.3. The number of carbonyl (C=O) groups excluding carboxylic acids is 1. The van der Waals surface area contributed by atoms with Gasteiger partial charge in [0.25, 0.3) is 5.91 Å². The van der Waals surface area contributed by atoms with E-state index in [-0.39, 0.29) is 10.5 Å². The molecule has 0 N–H and O–H groups in total. The van der Waals surface area contributed by atoms with Crippen LogP contribution in [0.2, 0.25) is 0 Å². The van der Waals surface area contributed by atoms with Crippen molar-refractivity contribution in [1.29, 1.82) is 0 Å². The standard InChI is InChI=1S/C21H24N2O5S2/c1-4-27-12-11-23-18-10-9-16(28-5-2)14-19(18)29-21(23)22-20(24)15-7-6-8-17(13-15)30(3,25)26/h6-10,13-14H,4-5,11-12H2,1-3H3. The van der Waals surface area contributed by atoms with Crippen molar-refractivity contribution in [2.75, 3.05) is 26.1 Å². The number of sulfone groups is 1. The number of hydrogen-bond donors (Lipinski definition) is 0. The molecule has 3 aromatic rings. The molecular weight excluding hydrogens is 424 g/mol. The highest BCUT2D eigenvalue weighted by molar-refractivity contribution is 7.90. The zero-order valence-electron chi connectivity index (χ0n) is 17.1. The topological polar surface area (TPSA) is 87.0 Å². The number of hydrogen-bond acceptors (Lipinski definition) is 6. The molecule has 0 fully saturated rings. The Hall–Kier alpha value is -2.49. The van der Waals surface area contributed by atoms with Gasteiger partial charge in [-0.25, -0.2) is 8.42 Å². The molecule has 160 valence electrons. The van der Waals surface area contributed by atoms with Gasteiger partial charge in [-0.15, -0.1) is 0 Å². The van der Waals surface area contributed by atoms with Crippen molar-refractivity contribution < 1.29 is 22.7 Å². The Morgan fingerprint density at radius 3 is 2.63 bits per heavy atom. The number of thiazole rings is 1. The molecule has 9 heteroatoms. The zero-order valence-corrected chi connectivity index (χ0v) is 18.8. The molecule has 1 heterocycles. The number of fused-ring (bicyclic) bond motifs is 1. The molecule has 3 rings (SSSR count). The van der Waals surface area contributed by atoms with E-state index in [2.05, 4.69) is 4.99 Å². The van der Waals surface area contributed by atoms with Crippen molar-refractivity contribution in [2.24, 2.45) is 4.99 Å². The number of nitrogens with zero attached hydrogens (tertiary/aromatic N) is 2. The van der Waals surface area contributed by atoms with Crippen LogP contribution in [0, 0.1) is 0 Å². The predicted octanol–water partition coefficient (Wildman–Crippen LogP) is 3.28. The number of carbonyl (C=O) groups is 1. The van der Waals surface area contributed by atoms with Gasteiger partial charge in [0, 0.05) is 25.0 Å². The van der Waals surface area contributed by atoms with Crippen LogP contribution in [-0.2, 0) is 21.1 Å². The summed E-state index contributed by atoms with van der Waals surface area (Å²) in [5, 5.41) is 0. The van der Waals surface area contributed by atoms with Crippen molar-refractivity contribution in [3.63, 3.8) is 0 Å². The Morgan fingerprint density at radius 1 is 1.13 bits per heavy atom. The Bertz CT molecular complexity index is 1230. The highest BCUT2D eigenvalue weighted by Gasteiger charge is 2.13. The second kappa shape index (κ2) is 9.55. The summed E-state index contributed by atoms with van der Waals surface area (Å²) in [5.74, 6) is 0.254. The highest BCUT2D eigenvalue weighted by Crippen LogP contribution is 2.23. The van der Waals surface area contributed by atoms with Crippen LogP contribution < -0.4 is 9.54 Å². The maximum absolute atomic E-state index is 12.8. The minimum atomic E-state index is -3.41. The van der Waals surface area contributed by atoms with Gasteiger partial charge in [-0.3, -0.25) is 4.79 Å². The van der Waals surface area contributed by atoms with E-state index in [9.17, 15) is 13.2 Å². The Labute approximate surface area is 179 Å². The van der Waals surface area contributed by atoms with Gasteiger partial charge in [0.15, 0.2) is 14.6 Å². The van der Waals surface area contributed by atoms with Gasteiger partial charge in [-0.1, -0.05) is 17.4 Å². The van der Waals surface area contributed by atoms with E-state index in [1.807, 2.05) is 36.6 Å². The van der Waals surface area contributed by atoms with Gasteiger partial charge < -0.3 is 14.0 Å². The Kier molecular flexibility index (Phi) is 7.06. The lowest BCUT2D eigenvalue weighted by Gasteiger charge is -2.06. The van der Waals surface area contributed by atoms with Gasteiger partial charge >= 0.3 is 0 Å². The van der Waals surface area contributed by atoms with Crippen molar-refractivity contribution in [2.45, 2.75) is 25.3 Å². The van der Waals surface area contributed by atoms with Crippen molar-refractivity contribution >= 4 is 37.3 Å². The molecule has 0 atom stereocenters. The summed E-state index contributed by atoms with van der Waals surface area (Å²) >= 11 is 1.38. The van der Waals surface area contributed by atoms with Crippen LogP contribution in [0.5, 0.6) is 5.75 Å². The minimum Gasteiger partial charge on any atom is -0.494 e. The summed E-state index contributed by atoms with van der Waals surface area (Å²) in [6.07, 6.45) is 1.11. The first-order valence-electron chi connectivity index (χ1n) is 9.56. The Balaban J connectivity index is 2.07. The van der Waals surface area contributed by atoms with Crippen LogP contribution in [0.1, 0.15) is 24.2 Å². The van der Waals surface area contributed by atoms with Gasteiger partial charge in [0.1, 0.15) is 5.75 Å². The van der Waals surface area contributed by atoms with Gasteiger partial charge in [0.2, 0.25) is 0 Å². The molecule has 1 amide bonds. The summed E-state index contributed by atoms with van der Waals surface area (Å²) in [7, 11) is -3.41. The molecule has 0 saturated heterocycles. The molecule has 0 bridgehead atoms. The second-order valence-electron chi connectivity index (χ2n) is 6.51. The van der Waals surface area contributed by atoms with E-state index >= 15 is 0 Å². The fraction of sp³-hybridized carbons (Fsp3) is 0.333. The largest absolute Gasteiger partial charge is 0.494 e. The number of rotatable bonds is 8. The quantitative estimate of drug-likeness (QED) is 0.494. The summed E-state index contributed by atoms with van der Waals surface area (Å²) < 4.78 is 37.5. The normalized spacial score (nSPS) is 12.4. The van der Waals surface area contributed by atoms with E-state index < -0.39 is 15.7 Å². The maximum atomic E-state index is 12.8. The zero-order chi connectivity index (χ0) is 21.7. The summed E-state index contributed by atoms with van der Waals surface area (Å²) in [4.78, 5) is 17.7. The molecule has 0 saturated carbocycles. The highest BCUT2D eigenvalue weighted by atomic mass is 32.2. The van der Waals surface area contributed by atoms with Crippen molar-refractivity contribution in [3.05, 3.63) is 52.8 Å². The Morgan fingerprint density at radius 2 is 1.93 bits per heavy atom. The van der Waals surface area contributed by atoms with Crippen molar-refractivity contribution in [1.82, 2.24) is 4.57 Å². The minimum absolute atomic E-state index is 0.0884. The van der Waals surface area contributed by atoms with Crippen LogP contribution in [0.15, 0.2) is 52.4 Å². The van der Waals surface area contributed by atoms with Gasteiger partial charge in [-0.2, -0.15) is 4.99 Å². The summed E-state index contributed by atoms with van der Waals surface area (Å²) in [6, 6.07) is 11.7. The molecule has 0 aliphatic rings. The fourth-order valence-corrected chi connectivity index (χ4v) is 4.67. The molecule has 1 aromatic heterocycles. The maximum Gasteiger partial charge on any atom is 0.279 e. The van der Waals surface area contributed by atoms with Crippen LogP contribution in [0.25, 0.3) is 10.2 Å². The smallest absolute Gasteiger partial charge is 0.279 e. The van der Waals surface area contributed by atoms with Crippen LogP contribution in [0.4, 0.5) is 0 Å². The average Bonchev–Trinajstić information content (AvgIpc) is 3.04. The first kappa shape index (κ1) is 22.2. The number of benzene rings is 2. The average molecular weight is 449 g/mol. The number of amides is 1. The lowest BCUT2D eigenvalue weighted by Crippen LogP contribution is -2.19. The molecule has 7 nitrogen and oxygen atoms in total. The number of aromatic nitrogens is 1. The first-order chi connectivity index (χ1) is 14.3. The lowest BCUT2D eigenvalue weighted by molar-refractivity contribution is 0.0996. The molecule has 0 unspecified atom stereocenters. The second-order valence-corrected chi connectivity index (χ2v) is 9.54. The van der Waals surface area contributed by atoms with E-state index in [1.165, 1.54) is 23.5 Å². The van der Waals surface area contributed by atoms with E-state index in [4.69, 9.17) is 9.47 Å².